The van der Waals surface area contributed by atoms with Crippen molar-refractivity contribution in [2.24, 2.45) is 5.73 Å². The number of halogens is 3. The first-order chi connectivity index (χ1) is 15.2. The molecule has 2 aromatic carbocycles. The summed E-state index contributed by atoms with van der Waals surface area (Å²) in [5.41, 5.74) is 3.58. The summed E-state index contributed by atoms with van der Waals surface area (Å²) < 4.78 is 46.0. The third-order valence-corrected chi connectivity index (χ3v) is 4.83. The van der Waals surface area contributed by atoms with Crippen LogP contribution < -0.4 is 16.0 Å². The number of primary amides is 1. The number of hydrogen-bond acceptors (Lipinski definition) is 4. The summed E-state index contributed by atoms with van der Waals surface area (Å²) in [7, 11) is 0. The number of amides is 1. The topological polar surface area (TPSA) is 98.1 Å². The van der Waals surface area contributed by atoms with E-state index in [4.69, 9.17) is 10.5 Å². The summed E-state index contributed by atoms with van der Waals surface area (Å²) in [6.07, 6.45) is -3.13. The molecule has 0 saturated heterocycles. The molecular weight excluding hydrogens is 423 g/mol. The number of pyridine rings is 2. The SMILES string of the molecule is NC(=O)c1cc(-c2ccc(OCc3ccc4cccnc4c3)cc2)c(C(F)(F)F)[nH]c1=O. The molecule has 162 valence electrons. The number of rotatable bonds is 5. The van der Waals surface area contributed by atoms with Gasteiger partial charge < -0.3 is 15.5 Å². The lowest BCUT2D eigenvalue weighted by atomic mass is 10.0. The van der Waals surface area contributed by atoms with E-state index in [2.05, 4.69) is 4.98 Å². The highest BCUT2D eigenvalue weighted by Crippen LogP contribution is 2.35. The molecule has 0 aliphatic heterocycles. The number of H-pyrrole nitrogens is 1. The lowest BCUT2D eigenvalue weighted by molar-refractivity contribution is -0.140. The molecule has 0 unspecified atom stereocenters. The number of alkyl halides is 3. The van der Waals surface area contributed by atoms with Gasteiger partial charge in [0.15, 0.2) is 0 Å². The van der Waals surface area contributed by atoms with Crippen molar-refractivity contribution in [3.05, 3.63) is 94.0 Å². The van der Waals surface area contributed by atoms with Gasteiger partial charge in [0.05, 0.1) is 5.52 Å². The molecule has 32 heavy (non-hydrogen) atoms. The lowest BCUT2D eigenvalue weighted by Crippen LogP contribution is -2.27. The van der Waals surface area contributed by atoms with Crippen molar-refractivity contribution in [1.29, 1.82) is 0 Å². The Hall–Kier alpha value is -4.14. The third-order valence-electron chi connectivity index (χ3n) is 4.83. The lowest BCUT2D eigenvalue weighted by Gasteiger charge is -2.14. The first-order valence-corrected chi connectivity index (χ1v) is 9.43. The summed E-state index contributed by atoms with van der Waals surface area (Å²) in [5.74, 6) is -0.686. The molecular formula is C23H16F3N3O3. The number of aromatic nitrogens is 2. The molecule has 9 heteroatoms. The fourth-order valence-corrected chi connectivity index (χ4v) is 3.26. The predicted octanol–water partition coefficient (Wildman–Crippen LogP) is 4.29. The maximum atomic E-state index is 13.4. The molecule has 0 aliphatic carbocycles. The zero-order valence-corrected chi connectivity index (χ0v) is 16.4. The molecule has 0 radical (unpaired) electrons. The standard InChI is InChI=1S/C23H16F3N3O3/c24-23(25,26)20-17(11-18(21(27)30)22(31)29-20)14-5-7-16(8-6-14)32-12-13-3-4-15-2-1-9-28-19(15)10-13/h1-11H,12H2,(H2,27,30)(H,29,31). The van der Waals surface area contributed by atoms with E-state index in [1.807, 2.05) is 30.3 Å². The fourth-order valence-electron chi connectivity index (χ4n) is 3.26. The minimum atomic E-state index is -4.83. The highest BCUT2D eigenvalue weighted by Gasteiger charge is 2.36. The van der Waals surface area contributed by atoms with Crippen LogP contribution in [0.1, 0.15) is 21.6 Å². The molecule has 0 spiro atoms. The smallest absolute Gasteiger partial charge is 0.431 e. The van der Waals surface area contributed by atoms with E-state index in [0.29, 0.717) is 5.75 Å². The fraction of sp³-hybridized carbons (Fsp3) is 0.0870. The maximum absolute atomic E-state index is 13.4. The van der Waals surface area contributed by atoms with Crippen molar-refractivity contribution in [2.45, 2.75) is 12.8 Å². The highest BCUT2D eigenvalue weighted by atomic mass is 19.4. The molecule has 2 aromatic heterocycles. The van der Waals surface area contributed by atoms with Gasteiger partial charge in [-0.2, -0.15) is 13.2 Å². The Labute approximate surface area is 179 Å². The molecule has 2 heterocycles. The van der Waals surface area contributed by atoms with Crippen molar-refractivity contribution in [1.82, 2.24) is 9.97 Å². The molecule has 1 amide bonds. The van der Waals surface area contributed by atoms with Gasteiger partial charge in [0.25, 0.3) is 11.5 Å². The molecule has 3 N–H and O–H groups in total. The number of fused-ring (bicyclic) bond motifs is 1. The number of hydrogen-bond donors (Lipinski definition) is 2. The van der Waals surface area contributed by atoms with Crippen molar-refractivity contribution < 1.29 is 22.7 Å². The van der Waals surface area contributed by atoms with Gasteiger partial charge in [-0.05, 0) is 41.5 Å². The van der Waals surface area contributed by atoms with Crippen LogP contribution in [0.3, 0.4) is 0 Å². The van der Waals surface area contributed by atoms with E-state index >= 15 is 0 Å². The van der Waals surface area contributed by atoms with Crippen LogP contribution in [0.5, 0.6) is 5.75 Å². The minimum Gasteiger partial charge on any atom is -0.489 e. The predicted molar refractivity (Wildman–Crippen MR) is 112 cm³/mol. The number of carbonyl (C=O) groups is 1. The van der Waals surface area contributed by atoms with Crippen LogP contribution in [0.4, 0.5) is 13.2 Å². The second-order valence-corrected chi connectivity index (χ2v) is 7.01. The van der Waals surface area contributed by atoms with Crippen LogP contribution in [0.15, 0.2) is 71.7 Å². The van der Waals surface area contributed by atoms with Gasteiger partial charge in [-0.15, -0.1) is 0 Å². The first-order valence-electron chi connectivity index (χ1n) is 9.43. The van der Waals surface area contributed by atoms with Crippen molar-refractivity contribution in [2.75, 3.05) is 0 Å². The van der Waals surface area contributed by atoms with Gasteiger partial charge in [0, 0.05) is 17.1 Å². The zero-order valence-electron chi connectivity index (χ0n) is 16.4. The third kappa shape index (κ3) is 4.31. The van der Waals surface area contributed by atoms with Crippen LogP contribution in [-0.4, -0.2) is 15.9 Å². The Kier molecular flexibility index (Phi) is 5.40. The van der Waals surface area contributed by atoms with Crippen molar-refractivity contribution >= 4 is 16.8 Å². The van der Waals surface area contributed by atoms with Gasteiger partial charge >= 0.3 is 6.18 Å². The summed E-state index contributed by atoms with van der Waals surface area (Å²) in [6.45, 7) is 0.240. The van der Waals surface area contributed by atoms with Gasteiger partial charge in [0.1, 0.15) is 23.6 Å². The Morgan fingerprint density at radius 1 is 1.06 bits per heavy atom. The van der Waals surface area contributed by atoms with Crippen molar-refractivity contribution in [3.8, 4) is 16.9 Å². The van der Waals surface area contributed by atoms with Gasteiger partial charge in [-0.25, -0.2) is 0 Å². The zero-order chi connectivity index (χ0) is 22.9. The van der Waals surface area contributed by atoms with E-state index < -0.39 is 28.9 Å². The average Bonchev–Trinajstić information content (AvgIpc) is 2.77. The second-order valence-electron chi connectivity index (χ2n) is 7.01. The van der Waals surface area contributed by atoms with Crippen LogP contribution in [0.25, 0.3) is 22.0 Å². The summed E-state index contributed by atoms with van der Waals surface area (Å²) in [6, 6.07) is 16.2. The minimum absolute atomic E-state index is 0.137. The summed E-state index contributed by atoms with van der Waals surface area (Å²) in [4.78, 5) is 29.2. The molecule has 0 bridgehead atoms. The number of ether oxygens (including phenoxy) is 1. The number of nitrogens with two attached hydrogens (primary N) is 1. The average molecular weight is 439 g/mol. The van der Waals surface area contributed by atoms with E-state index in [-0.39, 0.29) is 17.7 Å². The van der Waals surface area contributed by atoms with Crippen LogP contribution in [-0.2, 0) is 12.8 Å². The van der Waals surface area contributed by atoms with Crippen molar-refractivity contribution in [3.63, 3.8) is 0 Å². The summed E-state index contributed by atoms with van der Waals surface area (Å²) in [5, 5.41) is 0.998. The summed E-state index contributed by atoms with van der Waals surface area (Å²) >= 11 is 0. The molecule has 4 rings (SSSR count). The number of benzene rings is 2. The highest BCUT2D eigenvalue weighted by molar-refractivity contribution is 5.94. The Morgan fingerprint density at radius 3 is 2.50 bits per heavy atom. The van der Waals surface area contributed by atoms with Crippen LogP contribution in [0, 0.1) is 0 Å². The van der Waals surface area contributed by atoms with Crippen LogP contribution >= 0.6 is 0 Å². The number of aromatic amines is 1. The first kappa shape index (κ1) is 21.1. The Morgan fingerprint density at radius 2 is 1.81 bits per heavy atom. The van der Waals surface area contributed by atoms with Gasteiger partial charge in [-0.3, -0.25) is 14.6 Å². The monoisotopic (exact) mass is 439 g/mol. The van der Waals surface area contributed by atoms with Crippen LogP contribution in [0.2, 0.25) is 0 Å². The molecule has 0 atom stereocenters. The second kappa shape index (κ2) is 8.18. The Balaban J connectivity index is 1.59. The largest absolute Gasteiger partial charge is 0.489 e. The van der Waals surface area contributed by atoms with E-state index in [0.717, 1.165) is 22.5 Å². The molecule has 0 aliphatic rings. The number of nitrogens with one attached hydrogen (secondary N) is 1. The molecule has 0 fully saturated rings. The van der Waals surface area contributed by atoms with E-state index in [1.165, 1.54) is 24.3 Å². The Bertz CT molecular complexity index is 1360. The molecule has 0 saturated carbocycles. The quantitative estimate of drug-likeness (QED) is 0.485. The molecule has 6 nitrogen and oxygen atoms in total. The number of nitrogens with zero attached hydrogens (tertiary/aromatic N) is 1. The van der Waals surface area contributed by atoms with Gasteiger partial charge in [0.2, 0.25) is 0 Å². The number of carbonyl (C=O) groups excluding carboxylic acids is 1. The van der Waals surface area contributed by atoms with E-state index in [9.17, 15) is 22.8 Å². The maximum Gasteiger partial charge on any atom is 0.431 e. The van der Waals surface area contributed by atoms with Gasteiger partial charge in [-0.1, -0.05) is 30.3 Å². The molecule has 4 aromatic rings. The normalized spacial score (nSPS) is 11.5. The van der Waals surface area contributed by atoms with E-state index in [1.54, 1.807) is 11.2 Å².